The van der Waals surface area contributed by atoms with E-state index in [2.05, 4.69) is 0 Å². The second-order valence-electron chi connectivity index (χ2n) is 6.86. The third kappa shape index (κ3) is 3.67. The standard InChI is InChI=1S/C20H24N2O5/c1-21(11-13-8-9-16(26-2)17(10-13)27-3)18(23)12-22-19(24)14-6-4-5-7-15(14)20(22)25/h4-5,8-10,14-15H,6-7,11-12H2,1-3H3/t14-,15-/m1/s1. The number of likely N-dealkylation sites (N-methyl/N-ethyl adjacent to an activating group) is 1. The maximum absolute atomic E-state index is 12.6. The summed E-state index contributed by atoms with van der Waals surface area (Å²) in [5.74, 6) is -0.183. The lowest BCUT2D eigenvalue weighted by Crippen LogP contribution is -2.41. The van der Waals surface area contributed by atoms with Crippen LogP contribution in [0.1, 0.15) is 18.4 Å². The number of amides is 3. The third-order valence-corrected chi connectivity index (χ3v) is 5.19. The van der Waals surface area contributed by atoms with Crippen molar-refractivity contribution in [2.45, 2.75) is 19.4 Å². The molecule has 1 aliphatic carbocycles. The van der Waals surface area contributed by atoms with Crippen LogP contribution in [0, 0.1) is 11.8 Å². The van der Waals surface area contributed by atoms with Gasteiger partial charge in [-0.05, 0) is 30.5 Å². The second kappa shape index (κ2) is 7.82. The van der Waals surface area contributed by atoms with Gasteiger partial charge in [-0.1, -0.05) is 18.2 Å². The maximum Gasteiger partial charge on any atom is 0.242 e. The number of benzene rings is 1. The van der Waals surface area contributed by atoms with Crippen LogP contribution in [0.15, 0.2) is 30.4 Å². The van der Waals surface area contributed by atoms with Gasteiger partial charge in [0.25, 0.3) is 0 Å². The van der Waals surface area contributed by atoms with Crippen LogP contribution in [-0.2, 0) is 20.9 Å². The van der Waals surface area contributed by atoms with Crippen LogP contribution in [-0.4, -0.2) is 55.3 Å². The Morgan fingerprint density at radius 2 is 1.67 bits per heavy atom. The summed E-state index contributed by atoms with van der Waals surface area (Å²) in [5.41, 5.74) is 0.862. The Balaban J connectivity index is 1.64. The first-order valence-electron chi connectivity index (χ1n) is 8.91. The number of fused-ring (bicyclic) bond motifs is 1. The number of hydrogen-bond acceptors (Lipinski definition) is 5. The number of ether oxygens (including phenoxy) is 2. The van der Waals surface area contributed by atoms with E-state index in [0.717, 1.165) is 10.5 Å². The Kier molecular flexibility index (Phi) is 5.48. The number of carbonyl (C=O) groups excluding carboxylic acids is 3. The van der Waals surface area contributed by atoms with Gasteiger partial charge in [0, 0.05) is 13.6 Å². The van der Waals surface area contributed by atoms with Gasteiger partial charge < -0.3 is 14.4 Å². The summed E-state index contributed by atoms with van der Waals surface area (Å²) in [6.07, 6.45) is 5.00. The first-order chi connectivity index (χ1) is 13.0. The van der Waals surface area contributed by atoms with E-state index in [4.69, 9.17) is 9.47 Å². The molecule has 2 atom stereocenters. The zero-order valence-corrected chi connectivity index (χ0v) is 15.8. The summed E-state index contributed by atoms with van der Waals surface area (Å²) >= 11 is 0. The molecular formula is C20H24N2O5. The van der Waals surface area contributed by atoms with Gasteiger partial charge in [-0.3, -0.25) is 19.3 Å². The summed E-state index contributed by atoms with van der Waals surface area (Å²) in [5, 5.41) is 0. The molecule has 1 aromatic rings. The van der Waals surface area contributed by atoms with Gasteiger partial charge in [0.05, 0.1) is 26.1 Å². The van der Waals surface area contributed by atoms with Gasteiger partial charge in [-0.15, -0.1) is 0 Å². The van der Waals surface area contributed by atoms with E-state index >= 15 is 0 Å². The van der Waals surface area contributed by atoms with E-state index in [1.165, 1.54) is 4.90 Å². The minimum atomic E-state index is -0.313. The molecule has 2 aliphatic rings. The third-order valence-electron chi connectivity index (χ3n) is 5.19. The van der Waals surface area contributed by atoms with Crippen LogP contribution in [0.5, 0.6) is 11.5 Å². The normalized spacial score (nSPS) is 21.2. The highest BCUT2D eigenvalue weighted by atomic mass is 16.5. The van der Waals surface area contributed by atoms with Gasteiger partial charge in [0.2, 0.25) is 17.7 Å². The molecule has 3 rings (SSSR count). The van der Waals surface area contributed by atoms with Crippen LogP contribution in [0.4, 0.5) is 0 Å². The quantitative estimate of drug-likeness (QED) is 0.560. The van der Waals surface area contributed by atoms with Gasteiger partial charge in [-0.2, -0.15) is 0 Å². The van der Waals surface area contributed by atoms with Gasteiger partial charge in [0.15, 0.2) is 11.5 Å². The monoisotopic (exact) mass is 372 g/mol. The van der Waals surface area contributed by atoms with Crippen molar-refractivity contribution in [3.63, 3.8) is 0 Å². The van der Waals surface area contributed by atoms with Crippen molar-refractivity contribution < 1.29 is 23.9 Å². The van der Waals surface area contributed by atoms with Crippen molar-refractivity contribution in [2.24, 2.45) is 11.8 Å². The van der Waals surface area contributed by atoms with Gasteiger partial charge in [0.1, 0.15) is 6.54 Å². The van der Waals surface area contributed by atoms with Crippen LogP contribution in [0.2, 0.25) is 0 Å². The Morgan fingerprint density at radius 3 is 2.22 bits per heavy atom. The van der Waals surface area contributed by atoms with Gasteiger partial charge >= 0.3 is 0 Å². The van der Waals surface area contributed by atoms with E-state index in [0.29, 0.717) is 30.9 Å². The molecule has 1 aromatic carbocycles. The molecule has 7 nitrogen and oxygen atoms in total. The van der Waals surface area contributed by atoms with Crippen molar-refractivity contribution >= 4 is 17.7 Å². The fraction of sp³-hybridized carbons (Fsp3) is 0.450. The van der Waals surface area contributed by atoms with Crippen molar-refractivity contribution in [2.75, 3.05) is 27.8 Å². The summed E-state index contributed by atoms with van der Waals surface area (Å²) in [6.45, 7) is 0.123. The highest BCUT2D eigenvalue weighted by Crippen LogP contribution is 2.35. The molecule has 0 unspecified atom stereocenters. The molecule has 27 heavy (non-hydrogen) atoms. The van der Waals surface area contributed by atoms with Crippen molar-refractivity contribution in [3.8, 4) is 11.5 Å². The molecule has 1 heterocycles. The van der Waals surface area contributed by atoms with Crippen molar-refractivity contribution in [1.29, 1.82) is 0 Å². The number of rotatable bonds is 6. The van der Waals surface area contributed by atoms with Crippen molar-refractivity contribution in [3.05, 3.63) is 35.9 Å². The molecule has 0 radical (unpaired) electrons. The predicted octanol–water partition coefficient (Wildman–Crippen LogP) is 1.61. The minimum Gasteiger partial charge on any atom is -0.493 e. The highest BCUT2D eigenvalue weighted by molar-refractivity contribution is 6.07. The zero-order chi connectivity index (χ0) is 19.6. The summed E-state index contributed by atoms with van der Waals surface area (Å²) in [4.78, 5) is 40.2. The molecule has 0 saturated carbocycles. The molecule has 144 valence electrons. The molecule has 3 amide bonds. The zero-order valence-electron chi connectivity index (χ0n) is 15.8. The molecule has 1 aliphatic heterocycles. The van der Waals surface area contributed by atoms with E-state index < -0.39 is 0 Å². The molecule has 1 saturated heterocycles. The number of hydrogen-bond donors (Lipinski definition) is 0. The Morgan fingerprint density at radius 1 is 1.07 bits per heavy atom. The largest absolute Gasteiger partial charge is 0.493 e. The predicted molar refractivity (Wildman–Crippen MR) is 98.1 cm³/mol. The fourth-order valence-corrected chi connectivity index (χ4v) is 3.62. The minimum absolute atomic E-state index is 0.214. The summed E-state index contributed by atoms with van der Waals surface area (Å²) in [6, 6.07) is 5.42. The summed E-state index contributed by atoms with van der Waals surface area (Å²) < 4.78 is 10.5. The molecule has 1 fully saturated rings. The molecular weight excluding hydrogens is 348 g/mol. The van der Waals surface area contributed by atoms with Crippen LogP contribution in [0.25, 0.3) is 0 Å². The van der Waals surface area contributed by atoms with Crippen molar-refractivity contribution in [1.82, 2.24) is 9.80 Å². The molecule has 7 heteroatoms. The Hall–Kier alpha value is -2.83. The molecule has 0 spiro atoms. The Labute approximate surface area is 158 Å². The summed E-state index contributed by atoms with van der Waals surface area (Å²) in [7, 11) is 4.76. The van der Waals surface area contributed by atoms with E-state index in [-0.39, 0.29) is 36.1 Å². The second-order valence-corrected chi connectivity index (χ2v) is 6.86. The number of nitrogens with zero attached hydrogens (tertiary/aromatic N) is 2. The van der Waals surface area contributed by atoms with Crippen LogP contribution in [0.3, 0.4) is 0 Å². The van der Waals surface area contributed by atoms with E-state index in [1.54, 1.807) is 33.4 Å². The lowest BCUT2D eigenvalue weighted by Gasteiger charge is -2.21. The number of likely N-dealkylation sites (tertiary alicyclic amines) is 1. The number of allylic oxidation sites excluding steroid dienone is 2. The average molecular weight is 372 g/mol. The number of methoxy groups -OCH3 is 2. The SMILES string of the molecule is COc1ccc(CN(C)C(=O)CN2C(=O)[C@@H]3CC=CC[C@H]3C2=O)cc1OC. The van der Waals surface area contributed by atoms with Gasteiger partial charge in [-0.25, -0.2) is 0 Å². The lowest BCUT2D eigenvalue weighted by molar-refractivity contribution is -0.146. The van der Waals surface area contributed by atoms with E-state index in [9.17, 15) is 14.4 Å². The topological polar surface area (TPSA) is 76.2 Å². The molecule has 0 bridgehead atoms. The fourth-order valence-electron chi connectivity index (χ4n) is 3.62. The first-order valence-corrected chi connectivity index (χ1v) is 8.91. The highest BCUT2D eigenvalue weighted by Gasteiger charge is 2.47. The first kappa shape index (κ1) is 18.9. The molecule has 0 aromatic heterocycles. The molecule has 0 N–H and O–H groups in total. The number of imide groups is 1. The van der Waals surface area contributed by atoms with Crippen LogP contribution < -0.4 is 9.47 Å². The maximum atomic E-state index is 12.6. The van der Waals surface area contributed by atoms with Crippen LogP contribution >= 0.6 is 0 Å². The Bertz CT molecular complexity index is 763. The smallest absolute Gasteiger partial charge is 0.242 e. The van der Waals surface area contributed by atoms with E-state index in [1.807, 2.05) is 18.2 Å². The number of carbonyl (C=O) groups is 3. The lowest BCUT2D eigenvalue weighted by atomic mass is 9.85. The average Bonchev–Trinajstić information content (AvgIpc) is 2.93.